The van der Waals surface area contributed by atoms with Gasteiger partial charge in [0, 0.05) is 25.4 Å². The first-order valence-corrected chi connectivity index (χ1v) is 11.2. The Labute approximate surface area is 186 Å². The second kappa shape index (κ2) is 11.4. The van der Waals surface area contributed by atoms with Crippen molar-refractivity contribution in [1.29, 1.82) is 0 Å². The summed E-state index contributed by atoms with van der Waals surface area (Å²) in [5, 5.41) is 0. The zero-order valence-corrected chi connectivity index (χ0v) is 18.8. The standard InChI is InChI=1S/C28H33NO2/c1-4-28(30)29(21-23-11-7-5-8-12-23)20-19-27(24-13-9-6-10-14-24)25-15-17-26(18-16-25)31-22(2)3/h5-18,22,27H,4,19-21H2,1-3H3/t27-/m1/s1. The summed E-state index contributed by atoms with van der Waals surface area (Å²) in [6, 6.07) is 29.2. The molecule has 0 fully saturated rings. The van der Waals surface area contributed by atoms with E-state index in [1.54, 1.807) is 0 Å². The Hall–Kier alpha value is -3.07. The second-order valence-corrected chi connectivity index (χ2v) is 8.14. The lowest BCUT2D eigenvalue weighted by atomic mass is 9.88. The zero-order valence-electron chi connectivity index (χ0n) is 18.8. The molecule has 1 atom stereocenters. The van der Waals surface area contributed by atoms with E-state index in [0.717, 1.165) is 17.7 Å². The molecule has 3 nitrogen and oxygen atoms in total. The maximum absolute atomic E-state index is 12.7. The molecular weight excluding hydrogens is 382 g/mol. The molecule has 3 heteroatoms. The highest BCUT2D eigenvalue weighted by atomic mass is 16.5. The molecule has 0 bridgehead atoms. The van der Waals surface area contributed by atoms with Gasteiger partial charge < -0.3 is 9.64 Å². The summed E-state index contributed by atoms with van der Waals surface area (Å²) < 4.78 is 5.81. The first kappa shape index (κ1) is 22.6. The Morgan fingerprint density at radius 2 is 1.42 bits per heavy atom. The Balaban J connectivity index is 1.80. The molecule has 0 unspecified atom stereocenters. The van der Waals surface area contributed by atoms with Crippen molar-refractivity contribution in [2.45, 2.75) is 52.2 Å². The van der Waals surface area contributed by atoms with E-state index in [1.165, 1.54) is 11.1 Å². The molecule has 0 heterocycles. The number of nitrogens with zero attached hydrogens (tertiary/aromatic N) is 1. The minimum absolute atomic E-state index is 0.155. The van der Waals surface area contributed by atoms with Crippen LogP contribution in [0.5, 0.6) is 5.75 Å². The lowest BCUT2D eigenvalue weighted by molar-refractivity contribution is -0.131. The third-order valence-corrected chi connectivity index (χ3v) is 5.42. The summed E-state index contributed by atoms with van der Waals surface area (Å²) in [4.78, 5) is 14.6. The number of ether oxygens (including phenoxy) is 1. The van der Waals surface area contributed by atoms with Crippen LogP contribution in [0.1, 0.15) is 56.2 Å². The van der Waals surface area contributed by atoms with Crippen LogP contribution in [0.4, 0.5) is 0 Å². The van der Waals surface area contributed by atoms with Gasteiger partial charge in [0.2, 0.25) is 5.91 Å². The minimum atomic E-state index is 0.155. The van der Waals surface area contributed by atoms with E-state index in [2.05, 4.69) is 48.5 Å². The Kier molecular flexibility index (Phi) is 8.28. The van der Waals surface area contributed by atoms with Crippen molar-refractivity contribution in [3.05, 3.63) is 102 Å². The maximum atomic E-state index is 12.7. The summed E-state index contributed by atoms with van der Waals surface area (Å²) >= 11 is 0. The predicted octanol–water partition coefficient (Wildman–Crippen LogP) is 6.43. The number of carbonyl (C=O) groups is 1. The molecule has 0 aliphatic heterocycles. The molecule has 0 spiro atoms. The lowest BCUT2D eigenvalue weighted by Crippen LogP contribution is -2.31. The summed E-state index contributed by atoms with van der Waals surface area (Å²) in [6.45, 7) is 7.36. The van der Waals surface area contributed by atoms with Crippen LogP contribution in [0.25, 0.3) is 0 Å². The molecule has 0 saturated carbocycles. The molecule has 162 valence electrons. The largest absolute Gasteiger partial charge is 0.491 e. The minimum Gasteiger partial charge on any atom is -0.491 e. The highest BCUT2D eigenvalue weighted by Crippen LogP contribution is 2.30. The number of rotatable bonds is 10. The summed E-state index contributed by atoms with van der Waals surface area (Å²) in [5.74, 6) is 1.30. The number of hydrogen-bond donors (Lipinski definition) is 0. The lowest BCUT2D eigenvalue weighted by Gasteiger charge is -2.26. The highest BCUT2D eigenvalue weighted by Gasteiger charge is 2.19. The fourth-order valence-electron chi connectivity index (χ4n) is 3.87. The van der Waals surface area contributed by atoms with Crippen molar-refractivity contribution in [3.8, 4) is 5.75 Å². The van der Waals surface area contributed by atoms with E-state index >= 15 is 0 Å². The van der Waals surface area contributed by atoms with Gasteiger partial charge in [0.1, 0.15) is 5.75 Å². The van der Waals surface area contributed by atoms with Crippen molar-refractivity contribution in [3.63, 3.8) is 0 Å². The van der Waals surface area contributed by atoms with Crippen LogP contribution >= 0.6 is 0 Å². The number of amides is 1. The van der Waals surface area contributed by atoms with E-state index < -0.39 is 0 Å². The quantitative estimate of drug-likeness (QED) is 0.382. The number of hydrogen-bond acceptors (Lipinski definition) is 2. The fourth-order valence-corrected chi connectivity index (χ4v) is 3.87. The van der Waals surface area contributed by atoms with Gasteiger partial charge in [-0.3, -0.25) is 4.79 Å². The van der Waals surface area contributed by atoms with Gasteiger partial charge in [0.15, 0.2) is 0 Å². The first-order chi connectivity index (χ1) is 15.1. The predicted molar refractivity (Wildman–Crippen MR) is 127 cm³/mol. The normalized spacial score (nSPS) is 11.9. The van der Waals surface area contributed by atoms with Crippen LogP contribution in [0, 0.1) is 0 Å². The van der Waals surface area contributed by atoms with Gasteiger partial charge in [0.25, 0.3) is 0 Å². The van der Waals surface area contributed by atoms with Crippen LogP contribution in [0.15, 0.2) is 84.9 Å². The van der Waals surface area contributed by atoms with Crippen LogP contribution in [-0.2, 0) is 11.3 Å². The van der Waals surface area contributed by atoms with Crippen LogP contribution in [0.3, 0.4) is 0 Å². The van der Waals surface area contributed by atoms with Gasteiger partial charge in [-0.15, -0.1) is 0 Å². The average molecular weight is 416 g/mol. The Morgan fingerprint density at radius 3 is 2.00 bits per heavy atom. The van der Waals surface area contributed by atoms with E-state index in [1.807, 2.05) is 62.1 Å². The van der Waals surface area contributed by atoms with Crippen LogP contribution in [-0.4, -0.2) is 23.5 Å². The Bertz CT molecular complexity index is 920. The van der Waals surface area contributed by atoms with E-state index in [4.69, 9.17) is 4.74 Å². The molecule has 1 amide bonds. The van der Waals surface area contributed by atoms with Gasteiger partial charge in [-0.1, -0.05) is 79.7 Å². The molecule has 0 saturated heterocycles. The van der Waals surface area contributed by atoms with Gasteiger partial charge >= 0.3 is 0 Å². The first-order valence-electron chi connectivity index (χ1n) is 11.2. The van der Waals surface area contributed by atoms with Gasteiger partial charge in [-0.25, -0.2) is 0 Å². The van der Waals surface area contributed by atoms with Crippen molar-refractivity contribution in [1.82, 2.24) is 4.90 Å². The summed E-state index contributed by atoms with van der Waals surface area (Å²) in [5.41, 5.74) is 3.67. The van der Waals surface area contributed by atoms with E-state index in [0.29, 0.717) is 19.5 Å². The van der Waals surface area contributed by atoms with Crippen molar-refractivity contribution < 1.29 is 9.53 Å². The van der Waals surface area contributed by atoms with Gasteiger partial charge in [-0.2, -0.15) is 0 Å². The topological polar surface area (TPSA) is 29.5 Å². The summed E-state index contributed by atoms with van der Waals surface area (Å²) in [7, 11) is 0. The Morgan fingerprint density at radius 1 is 0.839 bits per heavy atom. The van der Waals surface area contributed by atoms with Gasteiger partial charge in [-0.05, 0) is 49.1 Å². The van der Waals surface area contributed by atoms with Crippen molar-refractivity contribution >= 4 is 5.91 Å². The highest BCUT2D eigenvalue weighted by molar-refractivity contribution is 5.75. The van der Waals surface area contributed by atoms with E-state index in [9.17, 15) is 4.79 Å². The van der Waals surface area contributed by atoms with Crippen LogP contribution < -0.4 is 4.74 Å². The molecule has 3 rings (SSSR count). The van der Waals surface area contributed by atoms with Gasteiger partial charge in [0.05, 0.1) is 6.10 Å². The second-order valence-electron chi connectivity index (χ2n) is 8.14. The van der Waals surface area contributed by atoms with Crippen molar-refractivity contribution in [2.24, 2.45) is 0 Å². The average Bonchev–Trinajstić information content (AvgIpc) is 2.80. The third kappa shape index (κ3) is 6.71. The molecule has 3 aromatic rings. The molecule has 0 N–H and O–H groups in total. The fraction of sp³-hybridized carbons (Fsp3) is 0.321. The molecule has 0 aliphatic rings. The maximum Gasteiger partial charge on any atom is 0.222 e. The smallest absolute Gasteiger partial charge is 0.222 e. The molecule has 0 aromatic heterocycles. The number of carbonyl (C=O) groups excluding carboxylic acids is 1. The van der Waals surface area contributed by atoms with Crippen LogP contribution in [0.2, 0.25) is 0 Å². The zero-order chi connectivity index (χ0) is 22.1. The van der Waals surface area contributed by atoms with Crippen molar-refractivity contribution in [2.75, 3.05) is 6.54 Å². The summed E-state index contributed by atoms with van der Waals surface area (Å²) in [6.07, 6.45) is 1.54. The molecule has 3 aromatic carbocycles. The molecular formula is C28H33NO2. The number of benzene rings is 3. The molecule has 0 aliphatic carbocycles. The molecule has 31 heavy (non-hydrogen) atoms. The monoisotopic (exact) mass is 415 g/mol. The third-order valence-electron chi connectivity index (χ3n) is 5.42. The SMILES string of the molecule is CCC(=O)N(CC[C@H](c1ccccc1)c1ccc(OC(C)C)cc1)Cc1ccccc1. The van der Waals surface area contributed by atoms with E-state index in [-0.39, 0.29) is 17.9 Å². The molecule has 0 radical (unpaired) electrons.